The molecule has 0 unspecified atom stereocenters. The average molecular weight is 382 g/mol. The zero-order valence-electron chi connectivity index (χ0n) is 15.0. The van der Waals surface area contributed by atoms with Crippen LogP contribution in [0, 0.1) is 5.82 Å². The number of aromatic nitrogens is 1. The van der Waals surface area contributed by atoms with E-state index in [-0.39, 0.29) is 23.6 Å². The molecule has 1 heterocycles. The predicted molar refractivity (Wildman–Crippen MR) is 93.7 cm³/mol. The monoisotopic (exact) mass is 382 g/mol. The van der Waals surface area contributed by atoms with Crippen molar-refractivity contribution < 1.29 is 27.1 Å². The van der Waals surface area contributed by atoms with E-state index in [2.05, 4.69) is 4.98 Å². The highest BCUT2D eigenvalue weighted by atomic mass is 19.4. The first-order valence-corrected chi connectivity index (χ1v) is 8.03. The van der Waals surface area contributed by atoms with Crippen LogP contribution in [0.1, 0.15) is 23.7 Å². The lowest BCUT2D eigenvalue weighted by Crippen LogP contribution is -2.17. The second-order valence-corrected chi connectivity index (χ2v) is 5.78. The van der Waals surface area contributed by atoms with Crippen LogP contribution in [-0.4, -0.2) is 31.7 Å². The van der Waals surface area contributed by atoms with E-state index < -0.39 is 23.7 Å². The summed E-state index contributed by atoms with van der Waals surface area (Å²) in [4.78, 5) is 17.1. The van der Waals surface area contributed by atoms with Gasteiger partial charge < -0.3 is 9.64 Å². The van der Waals surface area contributed by atoms with E-state index in [1.54, 1.807) is 21.0 Å². The molecule has 0 atom stereocenters. The zero-order valence-corrected chi connectivity index (χ0v) is 15.0. The predicted octanol–water partition coefficient (Wildman–Crippen LogP) is 4.30. The topological polar surface area (TPSA) is 42.4 Å². The number of anilines is 1. The average Bonchev–Trinajstić information content (AvgIpc) is 2.59. The molecule has 1 aromatic carbocycles. The summed E-state index contributed by atoms with van der Waals surface area (Å²) in [6, 6.07) is 7.32. The van der Waals surface area contributed by atoms with Gasteiger partial charge in [0.05, 0.1) is 6.61 Å². The minimum Gasteiger partial charge on any atom is -0.463 e. The van der Waals surface area contributed by atoms with Crippen LogP contribution in [0.25, 0.3) is 5.57 Å². The number of benzene rings is 1. The van der Waals surface area contributed by atoms with E-state index in [9.17, 15) is 22.4 Å². The number of carbonyl (C=O) groups excluding carboxylic acids is 1. The number of halogens is 4. The Morgan fingerprint density at radius 2 is 1.78 bits per heavy atom. The minimum absolute atomic E-state index is 0.0182. The molecule has 2 aromatic rings. The third-order valence-corrected chi connectivity index (χ3v) is 3.58. The minimum atomic E-state index is -4.61. The first-order valence-electron chi connectivity index (χ1n) is 8.03. The Balaban J connectivity index is 2.68. The SMILES string of the molecule is CCOC(=O)/C=C(\c1ccc(F)cc1)c1ccc(C(F)(F)F)nc1N(C)C. The normalized spacial score (nSPS) is 12.0. The molecule has 4 nitrogen and oxygen atoms in total. The second-order valence-electron chi connectivity index (χ2n) is 5.78. The molecule has 0 spiro atoms. The first-order chi connectivity index (χ1) is 12.6. The Morgan fingerprint density at radius 1 is 1.15 bits per heavy atom. The number of ether oxygens (including phenoxy) is 1. The van der Waals surface area contributed by atoms with E-state index >= 15 is 0 Å². The summed E-state index contributed by atoms with van der Waals surface area (Å²) in [5, 5.41) is 0. The number of rotatable bonds is 5. The number of alkyl halides is 3. The van der Waals surface area contributed by atoms with E-state index in [4.69, 9.17) is 4.74 Å². The Morgan fingerprint density at radius 3 is 2.30 bits per heavy atom. The molecule has 0 amide bonds. The Labute approximate surface area is 154 Å². The van der Waals surface area contributed by atoms with Crippen LogP contribution in [0.4, 0.5) is 23.4 Å². The molecule has 144 valence electrons. The summed E-state index contributed by atoms with van der Waals surface area (Å²) < 4.78 is 57.3. The summed E-state index contributed by atoms with van der Waals surface area (Å²) in [6.45, 7) is 1.77. The number of carbonyl (C=O) groups is 1. The van der Waals surface area contributed by atoms with Gasteiger partial charge in [-0.05, 0) is 42.3 Å². The zero-order chi connectivity index (χ0) is 20.2. The summed E-state index contributed by atoms with van der Waals surface area (Å²) in [5.41, 5.74) is -0.0512. The van der Waals surface area contributed by atoms with Crippen molar-refractivity contribution >= 4 is 17.4 Å². The van der Waals surface area contributed by atoms with Crippen molar-refractivity contribution in [2.45, 2.75) is 13.1 Å². The van der Waals surface area contributed by atoms with Crippen molar-refractivity contribution in [1.82, 2.24) is 4.98 Å². The van der Waals surface area contributed by atoms with Crippen molar-refractivity contribution in [3.8, 4) is 0 Å². The summed E-state index contributed by atoms with van der Waals surface area (Å²) in [6.07, 6.45) is -3.45. The van der Waals surface area contributed by atoms with Crippen molar-refractivity contribution in [2.75, 3.05) is 25.6 Å². The lowest BCUT2D eigenvalue weighted by Gasteiger charge is -2.20. The van der Waals surface area contributed by atoms with Gasteiger partial charge in [-0.3, -0.25) is 0 Å². The van der Waals surface area contributed by atoms with E-state index in [1.807, 2.05) is 0 Å². The van der Waals surface area contributed by atoms with Gasteiger partial charge in [0, 0.05) is 25.7 Å². The van der Waals surface area contributed by atoms with E-state index in [0.717, 1.165) is 12.1 Å². The lowest BCUT2D eigenvalue weighted by atomic mass is 9.97. The molecule has 0 bridgehead atoms. The largest absolute Gasteiger partial charge is 0.463 e. The van der Waals surface area contributed by atoms with E-state index in [1.165, 1.54) is 35.2 Å². The molecule has 0 aliphatic carbocycles. The standard InChI is InChI=1S/C19H18F4N2O2/c1-4-27-17(26)11-15(12-5-7-13(20)8-6-12)14-9-10-16(19(21,22)23)24-18(14)25(2)3/h5-11H,4H2,1-3H3/b15-11+. The lowest BCUT2D eigenvalue weighted by molar-refractivity contribution is -0.141. The number of pyridine rings is 1. The van der Waals surface area contributed by atoms with Crippen LogP contribution in [-0.2, 0) is 15.7 Å². The van der Waals surface area contributed by atoms with Crippen molar-refractivity contribution in [3.63, 3.8) is 0 Å². The molecule has 0 fully saturated rings. The maximum Gasteiger partial charge on any atom is 0.433 e. The number of hydrogen-bond donors (Lipinski definition) is 0. The van der Waals surface area contributed by atoms with Crippen LogP contribution in [0.3, 0.4) is 0 Å². The van der Waals surface area contributed by atoms with Gasteiger partial charge in [0.1, 0.15) is 17.3 Å². The van der Waals surface area contributed by atoms with Gasteiger partial charge in [0.2, 0.25) is 0 Å². The molecular formula is C19H18F4N2O2. The van der Waals surface area contributed by atoms with Crippen molar-refractivity contribution in [3.05, 3.63) is 65.1 Å². The van der Waals surface area contributed by atoms with Crippen LogP contribution in [0.2, 0.25) is 0 Å². The van der Waals surface area contributed by atoms with Crippen LogP contribution in [0.15, 0.2) is 42.5 Å². The van der Waals surface area contributed by atoms with E-state index in [0.29, 0.717) is 5.56 Å². The smallest absolute Gasteiger partial charge is 0.433 e. The third-order valence-electron chi connectivity index (χ3n) is 3.58. The number of nitrogens with zero attached hydrogens (tertiary/aromatic N) is 2. The van der Waals surface area contributed by atoms with Crippen LogP contribution >= 0.6 is 0 Å². The molecule has 0 aliphatic heterocycles. The van der Waals surface area contributed by atoms with Gasteiger partial charge in [-0.15, -0.1) is 0 Å². The first kappa shape index (κ1) is 20.4. The van der Waals surface area contributed by atoms with Crippen molar-refractivity contribution in [1.29, 1.82) is 0 Å². The molecule has 0 aliphatic rings. The molecule has 0 saturated heterocycles. The van der Waals surface area contributed by atoms with Crippen LogP contribution < -0.4 is 4.90 Å². The highest BCUT2D eigenvalue weighted by Crippen LogP contribution is 2.34. The number of hydrogen-bond acceptors (Lipinski definition) is 4. The third kappa shape index (κ3) is 5.06. The fraction of sp³-hybridized carbons (Fsp3) is 0.263. The van der Waals surface area contributed by atoms with Crippen LogP contribution in [0.5, 0.6) is 0 Å². The molecule has 8 heteroatoms. The fourth-order valence-corrected chi connectivity index (χ4v) is 2.41. The summed E-state index contributed by atoms with van der Waals surface area (Å²) >= 11 is 0. The maximum absolute atomic E-state index is 13.3. The second kappa shape index (κ2) is 8.20. The Hall–Kier alpha value is -2.90. The number of esters is 1. The summed E-state index contributed by atoms with van der Waals surface area (Å²) in [5.74, 6) is -1.13. The molecule has 1 aromatic heterocycles. The Kier molecular flexibility index (Phi) is 6.20. The molecule has 0 radical (unpaired) electrons. The molecule has 0 N–H and O–H groups in total. The molecular weight excluding hydrogens is 364 g/mol. The Bertz CT molecular complexity index is 844. The van der Waals surface area contributed by atoms with Crippen molar-refractivity contribution in [2.24, 2.45) is 0 Å². The van der Waals surface area contributed by atoms with Gasteiger partial charge in [0.25, 0.3) is 0 Å². The maximum atomic E-state index is 13.3. The molecule has 0 saturated carbocycles. The van der Waals surface area contributed by atoms with Gasteiger partial charge in [-0.25, -0.2) is 14.2 Å². The van der Waals surface area contributed by atoms with Gasteiger partial charge in [-0.2, -0.15) is 13.2 Å². The van der Waals surface area contributed by atoms with Gasteiger partial charge in [-0.1, -0.05) is 12.1 Å². The quantitative estimate of drug-likeness (QED) is 0.439. The summed E-state index contributed by atoms with van der Waals surface area (Å²) in [7, 11) is 3.08. The van der Waals surface area contributed by atoms with Gasteiger partial charge >= 0.3 is 12.1 Å². The molecule has 2 rings (SSSR count). The van der Waals surface area contributed by atoms with Gasteiger partial charge in [0.15, 0.2) is 0 Å². The highest BCUT2D eigenvalue weighted by molar-refractivity contribution is 5.98. The molecule has 27 heavy (non-hydrogen) atoms. The fourth-order valence-electron chi connectivity index (χ4n) is 2.41. The highest BCUT2D eigenvalue weighted by Gasteiger charge is 2.33.